The third-order valence-electron chi connectivity index (χ3n) is 15.4. The van der Waals surface area contributed by atoms with E-state index in [1.165, 1.54) is 14.7 Å². The van der Waals surface area contributed by atoms with Crippen molar-refractivity contribution in [2.45, 2.75) is 123 Å². The third-order valence-corrected chi connectivity index (χ3v) is 15.4. The summed E-state index contributed by atoms with van der Waals surface area (Å²) in [5.41, 5.74) is 9.62. The number of benzene rings is 6. The molecule has 0 spiro atoms. The van der Waals surface area contributed by atoms with E-state index in [1.807, 2.05) is 224 Å². The van der Waals surface area contributed by atoms with Crippen LogP contribution in [0.15, 0.2) is 182 Å². The maximum Gasteiger partial charge on any atom is 0.411 e. The SMILES string of the molecule is C[C@@H](c1ccccc1)N(CCC(N)=O)C(=O)CN(C(=O)CCN(C(=O)CN(C(=O)CCN(C(=O)CN(C(=O)OC(C)(C)C)[C@@H](C)c1ccccc1)[C@@H](C)c1ccccc1)[C@@H](C)c1ccccc1)[C@@H](C)c1ccccc1)[C@@H](C)c1ccccc1. The molecular weight excluding hydrogens is 1040 g/mol. The zero-order valence-electron chi connectivity index (χ0n) is 49.7. The lowest BCUT2D eigenvalue weighted by molar-refractivity contribution is -0.147. The fourth-order valence-electron chi connectivity index (χ4n) is 10.3. The predicted molar refractivity (Wildman–Crippen MR) is 324 cm³/mol. The summed E-state index contributed by atoms with van der Waals surface area (Å²) in [6.45, 7) is 15.4. The van der Waals surface area contributed by atoms with Gasteiger partial charge in [-0.3, -0.25) is 33.7 Å². The van der Waals surface area contributed by atoms with Gasteiger partial charge in [0.1, 0.15) is 25.2 Å². The van der Waals surface area contributed by atoms with Crippen molar-refractivity contribution < 1.29 is 38.3 Å². The minimum Gasteiger partial charge on any atom is -0.444 e. The van der Waals surface area contributed by atoms with Gasteiger partial charge in [-0.2, -0.15) is 0 Å². The van der Waals surface area contributed by atoms with Crippen LogP contribution in [-0.2, 0) is 33.5 Å². The van der Waals surface area contributed by atoms with E-state index >= 15 is 9.59 Å². The Balaban J connectivity index is 1.31. The maximum absolute atomic E-state index is 15.3. The van der Waals surface area contributed by atoms with Crippen LogP contribution in [0.25, 0.3) is 0 Å². The minimum atomic E-state index is -0.848. The Morgan fingerprint density at radius 2 is 0.554 bits per heavy atom. The van der Waals surface area contributed by atoms with Crippen LogP contribution in [0, 0.1) is 0 Å². The van der Waals surface area contributed by atoms with E-state index in [1.54, 1.807) is 35.5 Å². The zero-order valence-corrected chi connectivity index (χ0v) is 49.7. The first kappa shape index (κ1) is 63.6. The Hall–Kier alpha value is -8.59. The van der Waals surface area contributed by atoms with Crippen LogP contribution in [0.5, 0.6) is 0 Å². The van der Waals surface area contributed by atoms with Crippen LogP contribution in [0.4, 0.5) is 4.79 Å². The van der Waals surface area contributed by atoms with Crippen LogP contribution in [-0.4, -0.2) is 116 Å². The van der Waals surface area contributed by atoms with Gasteiger partial charge in [0.2, 0.25) is 35.4 Å². The number of amides is 7. The van der Waals surface area contributed by atoms with Gasteiger partial charge >= 0.3 is 6.09 Å². The standard InChI is InChI=1S/C68H83N7O8/c1-49(55-28-16-10-17-29-55)70(43-40-61(69)76)64(79)46-73(52(4)58-34-22-13-23-35-58)62(77)41-44-71(50(2)56-30-18-11-19-31-56)65(80)47-74(53(5)59-36-24-14-25-37-59)63(78)42-45-72(51(3)57-32-20-12-21-33-57)66(81)48-75(67(82)83-68(7,8)9)54(6)60-38-26-15-27-39-60/h10-39,49-54H,40-48H2,1-9H3,(H2,69,76)/t49-,50-,51-,52-,53-,54-/m0/s1. The highest BCUT2D eigenvalue weighted by Crippen LogP contribution is 2.30. The number of nitrogens with zero attached hydrogens (tertiary/aromatic N) is 6. The van der Waals surface area contributed by atoms with Gasteiger partial charge in [-0.05, 0) is 95.7 Å². The van der Waals surface area contributed by atoms with Gasteiger partial charge in [0.15, 0.2) is 0 Å². The minimum absolute atomic E-state index is 0.0423. The number of hydrogen-bond donors (Lipinski definition) is 1. The van der Waals surface area contributed by atoms with Crippen molar-refractivity contribution in [2.75, 3.05) is 39.3 Å². The number of hydrogen-bond acceptors (Lipinski definition) is 8. The first-order chi connectivity index (χ1) is 39.6. The van der Waals surface area contributed by atoms with Crippen LogP contribution in [0.2, 0.25) is 0 Å². The highest BCUT2D eigenvalue weighted by Gasteiger charge is 2.35. The van der Waals surface area contributed by atoms with Crippen molar-refractivity contribution in [3.05, 3.63) is 215 Å². The second-order valence-corrected chi connectivity index (χ2v) is 22.1. The molecule has 15 nitrogen and oxygen atoms in total. The summed E-state index contributed by atoms with van der Waals surface area (Å²) < 4.78 is 5.87. The van der Waals surface area contributed by atoms with Gasteiger partial charge in [0, 0.05) is 38.9 Å². The molecule has 0 fully saturated rings. The van der Waals surface area contributed by atoms with Crippen LogP contribution in [0.1, 0.15) is 151 Å². The lowest BCUT2D eigenvalue weighted by Crippen LogP contribution is -2.49. The number of carbonyl (C=O) groups excluding carboxylic acids is 7. The van der Waals surface area contributed by atoms with Crippen molar-refractivity contribution >= 4 is 41.5 Å². The van der Waals surface area contributed by atoms with Crippen molar-refractivity contribution in [1.82, 2.24) is 29.4 Å². The summed E-state index contributed by atoms with van der Waals surface area (Å²) in [5, 5.41) is 0. The van der Waals surface area contributed by atoms with Gasteiger partial charge in [0.05, 0.1) is 36.3 Å². The summed E-state index contributed by atoms with van der Waals surface area (Å²) in [6.07, 6.45) is -1.09. The van der Waals surface area contributed by atoms with Gasteiger partial charge in [-0.15, -0.1) is 0 Å². The Morgan fingerprint density at radius 1 is 0.337 bits per heavy atom. The number of primary amides is 1. The van der Waals surface area contributed by atoms with Crippen molar-refractivity contribution in [3.63, 3.8) is 0 Å². The molecule has 0 aliphatic rings. The molecule has 0 saturated heterocycles. The largest absolute Gasteiger partial charge is 0.444 e. The summed E-state index contributed by atoms with van der Waals surface area (Å²) in [7, 11) is 0. The highest BCUT2D eigenvalue weighted by molar-refractivity contribution is 5.88. The Bertz CT molecular complexity index is 3040. The van der Waals surface area contributed by atoms with Crippen LogP contribution in [0.3, 0.4) is 0 Å². The second kappa shape index (κ2) is 30.5. The van der Waals surface area contributed by atoms with Crippen molar-refractivity contribution in [2.24, 2.45) is 5.73 Å². The van der Waals surface area contributed by atoms with E-state index in [9.17, 15) is 24.0 Å². The zero-order chi connectivity index (χ0) is 60.2. The lowest BCUT2D eigenvalue weighted by Gasteiger charge is -2.37. The summed E-state index contributed by atoms with van der Waals surface area (Å²) in [6, 6.07) is 53.3. The number of carbonyl (C=O) groups is 7. The molecule has 0 aliphatic carbocycles. The molecule has 0 unspecified atom stereocenters. The highest BCUT2D eigenvalue weighted by atomic mass is 16.6. The first-order valence-corrected chi connectivity index (χ1v) is 28.7. The quantitative estimate of drug-likeness (QED) is 0.0530. The molecular formula is C68H83N7O8. The van der Waals surface area contributed by atoms with Crippen LogP contribution < -0.4 is 5.73 Å². The predicted octanol–water partition coefficient (Wildman–Crippen LogP) is 11.6. The van der Waals surface area contributed by atoms with Crippen LogP contribution >= 0.6 is 0 Å². The van der Waals surface area contributed by atoms with Gasteiger partial charge in [-0.25, -0.2) is 4.79 Å². The molecule has 2 N–H and O–H groups in total. The summed E-state index contributed by atoms with van der Waals surface area (Å²) in [5.74, 6) is -2.56. The molecule has 83 heavy (non-hydrogen) atoms. The molecule has 0 aromatic heterocycles. The van der Waals surface area contributed by atoms with E-state index < -0.39 is 71.6 Å². The van der Waals surface area contributed by atoms with Gasteiger partial charge in [-0.1, -0.05) is 182 Å². The van der Waals surface area contributed by atoms with Gasteiger partial charge in [0.25, 0.3) is 0 Å². The number of nitrogens with two attached hydrogens (primary N) is 1. The monoisotopic (exact) mass is 1130 g/mol. The molecule has 0 aliphatic heterocycles. The Morgan fingerprint density at radius 3 is 0.795 bits per heavy atom. The second-order valence-electron chi connectivity index (χ2n) is 22.1. The average Bonchev–Trinajstić information content (AvgIpc) is 3.55. The normalized spacial score (nSPS) is 13.4. The average molecular weight is 1130 g/mol. The smallest absolute Gasteiger partial charge is 0.411 e. The van der Waals surface area contributed by atoms with Crippen molar-refractivity contribution in [1.29, 1.82) is 0 Å². The van der Waals surface area contributed by atoms with Gasteiger partial charge < -0.3 is 35.0 Å². The van der Waals surface area contributed by atoms with E-state index in [4.69, 9.17) is 10.5 Å². The molecule has 6 atom stereocenters. The molecule has 0 heterocycles. The van der Waals surface area contributed by atoms with Crippen molar-refractivity contribution in [3.8, 4) is 0 Å². The summed E-state index contributed by atoms with van der Waals surface area (Å²) in [4.78, 5) is 110. The number of ether oxygens (including phenoxy) is 1. The molecule has 6 aromatic rings. The molecule has 0 radical (unpaired) electrons. The van der Waals surface area contributed by atoms with E-state index in [-0.39, 0.29) is 70.3 Å². The topological polar surface area (TPSA) is 174 Å². The first-order valence-electron chi connectivity index (χ1n) is 28.7. The maximum atomic E-state index is 15.3. The molecule has 6 aromatic carbocycles. The molecule has 7 amide bonds. The van der Waals surface area contributed by atoms with E-state index in [0.29, 0.717) is 0 Å². The summed E-state index contributed by atoms with van der Waals surface area (Å²) >= 11 is 0. The fraction of sp³-hybridized carbons (Fsp3) is 0.368. The van der Waals surface area contributed by atoms with E-state index in [0.717, 1.165) is 33.4 Å². The molecule has 0 bridgehead atoms. The Labute approximate surface area is 491 Å². The van der Waals surface area contributed by atoms with E-state index in [2.05, 4.69) is 0 Å². The molecule has 15 heteroatoms. The molecule has 438 valence electrons. The lowest BCUT2D eigenvalue weighted by atomic mass is 10.0. The fourth-order valence-corrected chi connectivity index (χ4v) is 10.3. The Kier molecular flexibility index (Phi) is 23.3. The third kappa shape index (κ3) is 18.2. The molecule has 6 rings (SSSR count). The molecule has 0 saturated carbocycles. The number of rotatable bonds is 27.